The minimum Gasteiger partial charge on any atom is -0.304 e. The van der Waals surface area contributed by atoms with Gasteiger partial charge in [0.25, 0.3) is 0 Å². The Labute approximate surface area is 90.5 Å². The van der Waals surface area contributed by atoms with Crippen molar-refractivity contribution in [3.63, 3.8) is 0 Å². The third-order valence-corrected chi connectivity index (χ3v) is 1.83. The molecular formula is C11H18N3O+. The monoisotopic (exact) mass is 208 g/mol. The van der Waals surface area contributed by atoms with Crippen LogP contribution in [-0.2, 0) is 0 Å². The summed E-state index contributed by atoms with van der Waals surface area (Å²) in [6.45, 7) is 1.96. The highest BCUT2D eigenvalue weighted by atomic mass is 16.2. The number of urea groups is 1. The van der Waals surface area contributed by atoms with Crippen LogP contribution in [-0.4, -0.2) is 31.8 Å². The molecule has 2 N–H and O–H groups in total. The summed E-state index contributed by atoms with van der Waals surface area (Å²) in [7, 11) is 5.66. The highest BCUT2D eigenvalue weighted by Gasteiger charge is 2.12. The zero-order chi connectivity index (χ0) is 11.5. The molecule has 15 heavy (non-hydrogen) atoms. The van der Waals surface area contributed by atoms with E-state index in [1.54, 1.807) is 0 Å². The predicted octanol–water partition coefficient (Wildman–Crippen LogP) is 1.74. The van der Waals surface area contributed by atoms with Crippen molar-refractivity contribution in [3.8, 4) is 0 Å². The first-order valence-electron chi connectivity index (χ1n) is 4.85. The molecule has 0 aromatic heterocycles. The number of rotatable bonds is 2. The first-order chi connectivity index (χ1) is 6.88. The fourth-order valence-electron chi connectivity index (χ4n) is 1.17. The SMILES string of the molecule is Cc1ccccc1NC(=O)N[N+](C)(C)C. The maximum Gasteiger partial charge on any atom is 0.363 e. The largest absolute Gasteiger partial charge is 0.363 e. The molecule has 0 fully saturated rings. The second-order valence-corrected chi connectivity index (χ2v) is 4.39. The topological polar surface area (TPSA) is 41.1 Å². The van der Waals surface area contributed by atoms with E-state index in [-0.39, 0.29) is 6.03 Å². The zero-order valence-electron chi connectivity index (χ0n) is 9.66. The minimum absolute atomic E-state index is 0.197. The Hall–Kier alpha value is -1.55. The molecule has 1 rings (SSSR count). The van der Waals surface area contributed by atoms with E-state index in [2.05, 4.69) is 10.7 Å². The number of quaternary nitrogens is 1. The van der Waals surface area contributed by atoms with Crippen LogP contribution in [0.1, 0.15) is 5.56 Å². The van der Waals surface area contributed by atoms with Crippen molar-refractivity contribution < 1.29 is 9.39 Å². The van der Waals surface area contributed by atoms with Crippen LogP contribution in [0, 0.1) is 6.92 Å². The number of carbonyl (C=O) groups excluding carboxylic acids is 1. The van der Waals surface area contributed by atoms with Crippen molar-refractivity contribution in [2.75, 3.05) is 26.5 Å². The Kier molecular flexibility index (Phi) is 3.31. The average molecular weight is 208 g/mol. The van der Waals surface area contributed by atoms with E-state index in [4.69, 9.17) is 0 Å². The van der Waals surface area contributed by atoms with E-state index < -0.39 is 0 Å². The first kappa shape index (κ1) is 11.5. The van der Waals surface area contributed by atoms with Gasteiger partial charge in [-0.3, -0.25) is 0 Å². The summed E-state index contributed by atoms with van der Waals surface area (Å²) < 4.78 is 0.387. The summed E-state index contributed by atoms with van der Waals surface area (Å²) in [6.07, 6.45) is 0. The van der Waals surface area contributed by atoms with Crippen LogP contribution in [0.5, 0.6) is 0 Å². The van der Waals surface area contributed by atoms with E-state index in [1.807, 2.05) is 52.3 Å². The number of hydrogen-bond acceptors (Lipinski definition) is 1. The summed E-state index contributed by atoms with van der Waals surface area (Å²) >= 11 is 0. The van der Waals surface area contributed by atoms with E-state index in [9.17, 15) is 4.79 Å². The molecular weight excluding hydrogens is 190 g/mol. The number of nitrogens with one attached hydrogen (secondary N) is 2. The summed E-state index contributed by atoms with van der Waals surface area (Å²) in [5.41, 5.74) is 4.67. The highest BCUT2D eigenvalue weighted by molar-refractivity contribution is 5.89. The van der Waals surface area contributed by atoms with Gasteiger partial charge in [-0.15, -0.1) is 0 Å². The van der Waals surface area contributed by atoms with Gasteiger partial charge in [0.1, 0.15) is 0 Å². The van der Waals surface area contributed by atoms with Gasteiger partial charge in [0.15, 0.2) is 0 Å². The maximum absolute atomic E-state index is 11.5. The number of hydrogen-bond donors (Lipinski definition) is 2. The van der Waals surface area contributed by atoms with Crippen LogP contribution in [0.2, 0.25) is 0 Å². The maximum atomic E-state index is 11.5. The molecule has 0 aliphatic carbocycles. The number of nitrogens with zero attached hydrogens (tertiary/aromatic N) is 1. The summed E-state index contributed by atoms with van der Waals surface area (Å²) in [6, 6.07) is 7.48. The van der Waals surface area contributed by atoms with E-state index in [0.29, 0.717) is 4.59 Å². The second-order valence-electron chi connectivity index (χ2n) is 4.39. The molecule has 1 aromatic rings. The highest BCUT2D eigenvalue weighted by Crippen LogP contribution is 2.12. The third-order valence-electron chi connectivity index (χ3n) is 1.83. The molecule has 4 nitrogen and oxygen atoms in total. The fourth-order valence-corrected chi connectivity index (χ4v) is 1.17. The average Bonchev–Trinajstić information content (AvgIpc) is 2.05. The lowest BCUT2D eigenvalue weighted by Gasteiger charge is -2.23. The lowest BCUT2D eigenvalue weighted by Crippen LogP contribution is -2.52. The van der Waals surface area contributed by atoms with Crippen LogP contribution in [0.4, 0.5) is 10.5 Å². The van der Waals surface area contributed by atoms with Gasteiger partial charge in [0.2, 0.25) is 0 Å². The second kappa shape index (κ2) is 4.31. The van der Waals surface area contributed by atoms with Gasteiger partial charge >= 0.3 is 6.03 Å². The van der Waals surface area contributed by atoms with Crippen molar-refractivity contribution in [3.05, 3.63) is 29.8 Å². The molecule has 0 radical (unpaired) electrons. The fraction of sp³-hybridized carbons (Fsp3) is 0.364. The Morgan fingerprint density at radius 1 is 1.20 bits per heavy atom. The normalized spacial score (nSPS) is 10.9. The number of carbonyl (C=O) groups is 1. The number of benzene rings is 1. The summed E-state index contributed by atoms with van der Waals surface area (Å²) in [4.78, 5) is 11.5. The molecule has 2 amide bonds. The Bertz CT molecular complexity index is 355. The predicted molar refractivity (Wildman–Crippen MR) is 61.4 cm³/mol. The third kappa shape index (κ3) is 3.99. The summed E-state index contributed by atoms with van der Waals surface area (Å²) in [5.74, 6) is 0. The van der Waals surface area contributed by atoms with E-state index in [1.165, 1.54) is 0 Å². The van der Waals surface area contributed by atoms with Gasteiger partial charge in [0, 0.05) is 5.69 Å². The smallest absolute Gasteiger partial charge is 0.304 e. The molecule has 82 valence electrons. The van der Waals surface area contributed by atoms with Gasteiger partial charge in [-0.1, -0.05) is 18.2 Å². The van der Waals surface area contributed by atoms with Crippen molar-refractivity contribution in [1.82, 2.24) is 5.43 Å². The molecule has 0 saturated carbocycles. The van der Waals surface area contributed by atoms with E-state index >= 15 is 0 Å². The van der Waals surface area contributed by atoms with Crippen molar-refractivity contribution in [1.29, 1.82) is 0 Å². The number of amides is 2. The van der Waals surface area contributed by atoms with Crippen LogP contribution in [0.25, 0.3) is 0 Å². The molecule has 0 atom stereocenters. The Balaban J connectivity index is 2.64. The van der Waals surface area contributed by atoms with Crippen LogP contribution in [0.3, 0.4) is 0 Å². The standard InChI is InChI=1S/C11H17N3O/c1-9-7-5-6-8-10(9)12-11(15)13-14(2,3)4/h5-8H,1-4H3,(H-,12,13,15)/p+1. The van der Waals surface area contributed by atoms with Crippen LogP contribution >= 0.6 is 0 Å². The van der Waals surface area contributed by atoms with Gasteiger partial charge in [0.05, 0.1) is 21.1 Å². The minimum atomic E-state index is -0.197. The number of anilines is 1. The Morgan fingerprint density at radius 3 is 2.33 bits per heavy atom. The molecule has 4 heteroatoms. The van der Waals surface area contributed by atoms with Gasteiger partial charge in [-0.2, -0.15) is 5.43 Å². The summed E-state index contributed by atoms with van der Waals surface area (Å²) in [5, 5.41) is 2.80. The number of aryl methyl sites for hydroxylation is 1. The lowest BCUT2D eigenvalue weighted by molar-refractivity contribution is -0.905. The molecule has 1 aromatic carbocycles. The number of para-hydroxylation sites is 1. The molecule has 0 bridgehead atoms. The van der Waals surface area contributed by atoms with Gasteiger partial charge in [-0.25, -0.2) is 9.39 Å². The quantitative estimate of drug-likeness (QED) is 0.564. The molecule has 0 heterocycles. The van der Waals surface area contributed by atoms with E-state index in [0.717, 1.165) is 11.3 Å². The molecule has 0 unspecified atom stereocenters. The Morgan fingerprint density at radius 2 is 1.80 bits per heavy atom. The molecule has 0 aliphatic heterocycles. The van der Waals surface area contributed by atoms with Crippen LogP contribution in [0.15, 0.2) is 24.3 Å². The molecule has 0 spiro atoms. The van der Waals surface area contributed by atoms with Crippen molar-refractivity contribution >= 4 is 11.7 Å². The van der Waals surface area contributed by atoms with Crippen molar-refractivity contribution in [2.24, 2.45) is 0 Å². The lowest BCUT2D eigenvalue weighted by atomic mass is 10.2. The van der Waals surface area contributed by atoms with Gasteiger partial charge in [-0.05, 0) is 18.6 Å². The zero-order valence-corrected chi connectivity index (χ0v) is 9.66. The first-order valence-corrected chi connectivity index (χ1v) is 4.85. The van der Waals surface area contributed by atoms with Crippen molar-refractivity contribution in [2.45, 2.75) is 6.92 Å². The van der Waals surface area contributed by atoms with Crippen LogP contribution < -0.4 is 10.7 Å². The molecule has 0 aliphatic rings. The van der Waals surface area contributed by atoms with Gasteiger partial charge < -0.3 is 5.32 Å². The molecule has 0 saturated heterocycles.